The molecule has 18 heavy (non-hydrogen) atoms. The van der Waals surface area contributed by atoms with Crippen molar-refractivity contribution >= 4 is 0 Å². The Bertz CT molecular complexity index is 377. The van der Waals surface area contributed by atoms with Gasteiger partial charge in [0.25, 0.3) is 0 Å². The highest BCUT2D eigenvalue weighted by molar-refractivity contribution is 5.02. The van der Waals surface area contributed by atoms with Gasteiger partial charge in [0, 0.05) is 11.7 Å². The molecule has 1 heterocycles. The number of aromatic nitrogens is 2. The Morgan fingerprint density at radius 1 is 1.61 bits per heavy atom. The molecule has 102 valence electrons. The second kappa shape index (κ2) is 5.85. The minimum atomic E-state index is -0.0984. The van der Waals surface area contributed by atoms with Crippen LogP contribution < -0.4 is 5.32 Å². The van der Waals surface area contributed by atoms with Crippen LogP contribution in [0.25, 0.3) is 0 Å². The summed E-state index contributed by atoms with van der Waals surface area (Å²) in [6.45, 7) is 5.44. The van der Waals surface area contributed by atoms with E-state index < -0.39 is 0 Å². The first-order valence-corrected chi connectivity index (χ1v) is 7.06. The van der Waals surface area contributed by atoms with Crippen LogP contribution in [0.2, 0.25) is 0 Å². The summed E-state index contributed by atoms with van der Waals surface area (Å²) in [7, 11) is 0. The van der Waals surface area contributed by atoms with Crippen LogP contribution in [-0.2, 0) is 0 Å². The van der Waals surface area contributed by atoms with Crippen molar-refractivity contribution in [2.75, 3.05) is 13.2 Å². The summed E-state index contributed by atoms with van der Waals surface area (Å²) in [4.78, 5) is 0. The zero-order valence-corrected chi connectivity index (χ0v) is 11.5. The zero-order valence-electron chi connectivity index (χ0n) is 11.5. The van der Waals surface area contributed by atoms with Crippen molar-refractivity contribution in [3.8, 4) is 0 Å². The number of hydrogen-bond acceptors (Lipinski definition) is 3. The van der Waals surface area contributed by atoms with E-state index in [0.29, 0.717) is 6.04 Å². The highest BCUT2D eigenvalue weighted by atomic mass is 16.3. The number of hydrogen-bond donors (Lipinski definition) is 2. The molecule has 0 bridgehead atoms. The quantitative estimate of drug-likeness (QED) is 0.842. The highest BCUT2D eigenvalue weighted by Crippen LogP contribution is 2.35. The van der Waals surface area contributed by atoms with Crippen LogP contribution in [0, 0.1) is 6.92 Å². The third kappa shape index (κ3) is 2.93. The number of aliphatic hydroxyl groups excluding tert-OH is 1. The van der Waals surface area contributed by atoms with Gasteiger partial charge in [0.15, 0.2) is 0 Å². The fraction of sp³-hybridized carbons (Fsp3) is 0.786. The normalized spacial score (nSPS) is 28.5. The third-order valence-electron chi connectivity index (χ3n) is 3.98. The summed E-state index contributed by atoms with van der Waals surface area (Å²) >= 11 is 0. The maximum absolute atomic E-state index is 9.75. The molecular weight excluding hydrogens is 226 g/mol. The summed E-state index contributed by atoms with van der Waals surface area (Å²) < 4.78 is 2.08. The number of nitrogens with one attached hydrogen (secondary N) is 1. The lowest BCUT2D eigenvalue weighted by Crippen LogP contribution is -2.52. The molecule has 2 atom stereocenters. The third-order valence-corrected chi connectivity index (χ3v) is 3.98. The minimum absolute atomic E-state index is 0.0984. The number of aliphatic hydroxyl groups is 1. The lowest BCUT2D eigenvalue weighted by Gasteiger charge is -2.40. The van der Waals surface area contributed by atoms with Crippen LogP contribution in [0.5, 0.6) is 0 Å². The van der Waals surface area contributed by atoms with E-state index in [-0.39, 0.29) is 12.1 Å². The number of aryl methyl sites for hydroxylation is 1. The molecule has 0 amide bonds. The molecule has 0 aliphatic heterocycles. The molecule has 1 aliphatic rings. The van der Waals surface area contributed by atoms with E-state index in [9.17, 15) is 5.11 Å². The Kier molecular flexibility index (Phi) is 4.40. The number of nitrogens with zero attached hydrogens (tertiary/aromatic N) is 2. The van der Waals surface area contributed by atoms with Gasteiger partial charge in [-0.3, -0.25) is 4.68 Å². The van der Waals surface area contributed by atoms with Gasteiger partial charge in [-0.05, 0) is 51.1 Å². The lowest BCUT2D eigenvalue weighted by atomic mass is 9.79. The van der Waals surface area contributed by atoms with Crippen molar-refractivity contribution in [1.82, 2.24) is 15.1 Å². The van der Waals surface area contributed by atoms with Crippen LogP contribution in [-0.4, -0.2) is 33.6 Å². The maximum atomic E-state index is 9.75. The Labute approximate surface area is 109 Å². The van der Waals surface area contributed by atoms with Gasteiger partial charge in [0.2, 0.25) is 0 Å². The van der Waals surface area contributed by atoms with Gasteiger partial charge in [0.1, 0.15) is 0 Å². The Balaban J connectivity index is 2.06. The average Bonchev–Trinajstić information content (AvgIpc) is 2.83. The van der Waals surface area contributed by atoms with Gasteiger partial charge in [-0.15, -0.1) is 0 Å². The predicted molar refractivity (Wildman–Crippen MR) is 72.6 cm³/mol. The zero-order chi connectivity index (χ0) is 13.0. The van der Waals surface area contributed by atoms with E-state index in [1.165, 1.54) is 5.56 Å². The SMILES string of the molecule is CCCNC1(CO)CCCC(n2cc(C)cn2)C1. The molecule has 1 fully saturated rings. The molecule has 0 radical (unpaired) electrons. The highest BCUT2D eigenvalue weighted by Gasteiger charge is 2.36. The minimum Gasteiger partial charge on any atom is -0.394 e. The molecule has 4 heteroatoms. The molecule has 2 rings (SSSR count). The van der Waals surface area contributed by atoms with Gasteiger partial charge in [-0.2, -0.15) is 5.10 Å². The molecule has 0 spiro atoms. The monoisotopic (exact) mass is 251 g/mol. The van der Waals surface area contributed by atoms with Gasteiger partial charge >= 0.3 is 0 Å². The van der Waals surface area contributed by atoms with Crippen LogP contribution >= 0.6 is 0 Å². The van der Waals surface area contributed by atoms with Crippen LogP contribution in [0.1, 0.15) is 50.6 Å². The molecule has 0 aromatic carbocycles. The van der Waals surface area contributed by atoms with Gasteiger partial charge < -0.3 is 10.4 Å². The fourth-order valence-corrected chi connectivity index (χ4v) is 2.94. The first-order chi connectivity index (χ1) is 8.69. The predicted octanol–water partition coefficient (Wildman–Crippen LogP) is 2.04. The lowest BCUT2D eigenvalue weighted by molar-refractivity contribution is 0.0947. The first kappa shape index (κ1) is 13.6. The van der Waals surface area contributed by atoms with Gasteiger partial charge in [0.05, 0.1) is 18.8 Å². The van der Waals surface area contributed by atoms with Crippen molar-refractivity contribution in [3.63, 3.8) is 0 Å². The van der Waals surface area contributed by atoms with E-state index in [0.717, 1.165) is 38.6 Å². The maximum Gasteiger partial charge on any atom is 0.0614 e. The smallest absolute Gasteiger partial charge is 0.0614 e. The van der Waals surface area contributed by atoms with Crippen molar-refractivity contribution in [2.24, 2.45) is 0 Å². The summed E-state index contributed by atoms with van der Waals surface area (Å²) in [5.41, 5.74) is 1.11. The van der Waals surface area contributed by atoms with Crippen LogP contribution in [0.15, 0.2) is 12.4 Å². The Hall–Kier alpha value is -0.870. The fourth-order valence-electron chi connectivity index (χ4n) is 2.94. The van der Waals surface area contributed by atoms with Gasteiger partial charge in [-0.1, -0.05) is 6.92 Å². The standard InChI is InChI=1S/C14H25N3O/c1-3-7-15-14(11-18)6-4-5-13(8-14)17-10-12(2)9-16-17/h9-10,13,15,18H,3-8,11H2,1-2H3. The summed E-state index contributed by atoms with van der Waals surface area (Å²) in [6, 6.07) is 0.420. The van der Waals surface area contributed by atoms with E-state index in [4.69, 9.17) is 0 Å². The summed E-state index contributed by atoms with van der Waals surface area (Å²) in [6.07, 6.45) is 9.49. The average molecular weight is 251 g/mol. The van der Waals surface area contributed by atoms with Crippen LogP contribution in [0.3, 0.4) is 0 Å². The van der Waals surface area contributed by atoms with E-state index in [1.54, 1.807) is 0 Å². The second-order valence-electron chi connectivity index (χ2n) is 5.61. The summed E-state index contributed by atoms with van der Waals surface area (Å²) in [5.74, 6) is 0. The molecule has 4 nitrogen and oxygen atoms in total. The molecule has 2 unspecified atom stereocenters. The Morgan fingerprint density at radius 3 is 3.06 bits per heavy atom. The van der Waals surface area contributed by atoms with Crippen molar-refractivity contribution < 1.29 is 5.11 Å². The molecule has 1 aromatic rings. The van der Waals surface area contributed by atoms with E-state index in [2.05, 4.69) is 35.1 Å². The molecule has 2 N–H and O–H groups in total. The van der Waals surface area contributed by atoms with Gasteiger partial charge in [-0.25, -0.2) is 0 Å². The van der Waals surface area contributed by atoms with Crippen molar-refractivity contribution in [2.45, 2.75) is 57.5 Å². The van der Waals surface area contributed by atoms with E-state index in [1.807, 2.05) is 6.20 Å². The largest absolute Gasteiger partial charge is 0.394 e. The number of rotatable bonds is 5. The van der Waals surface area contributed by atoms with Crippen LogP contribution in [0.4, 0.5) is 0 Å². The first-order valence-electron chi connectivity index (χ1n) is 7.06. The molecule has 0 saturated heterocycles. The Morgan fingerprint density at radius 2 is 2.44 bits per heavy atom. The van der Waals surface area contributed by atoms with E-state index >= 15 is 0 Å². The topological polar surface area (TPSA) is 50.1 Å². The van der Waals surface area contributed by atoms with Crippen molar-refractivity contribution in [1.29, 1.82) is 0 Å². The molecule has 1 saturated carbocycles. The second-order valence-corrected chi connectivity index (χ2v) is 5.61. The van der Waals surface area contributed by atoms with Crippen molar-refractivity contribution in [3.05, 3.63) is 18.0 Å². The summed E-state index contributed by atoms with van der Waals surface area (Å²) in [5, 5.41) is 17.7. The molecule has 1 aromatic heterocycles. The molecule has 1 aliphatic carbocycles. The molecular formula is C14H25N3O.